The Bertz CT molecular complexity index is 1020. The van der Waals surface area contributed by atoms with Gasteiger partial charge in [-0.3, -0.25) is 19.2 Å². The van der Waals surface area contributed by atoms with Crippen LogP contribution in [0.3, 0.4) is 0 Å². The Labute approximate surface area is 160 Å². The largest absolute Gasteiger partial charge is 0.343 e. The number of carbonyl (C=O) groups is 4. The van der Waals surface area contributed by atoms with Gasteiger partial charge in [0.15, 0.2) is 0 Å². The van der Waals surface area contributed by atoms with Gasteiger partial charge in [-0.2, -0.15) is 0 Å². The van der Waals surface area contributed by atoms with Crippen molar-refractivity contribution in [1.29, 1.82) is 0 Å². The molecule has 4 amide bonds. The van der Waals surface area contributed by atoms with Crippen LogP contribution < -0.4 is 21.3 Å². The molecule has 142 valence electrons. The highest BCUT2D eigenvalue weighted by Crippen LogP contribution is 2.26. The van der Waals surface area contributed by atoms with Gasteiger partial charge in [0.2, 0.25) is 11.8 Å². The summed E-state index contributed by atoms with van der Waals surface area (Å²) < 4.78 is 0. The van der Waals surface area contributed by atoms with E-state index in [0.717, 1.165) is 24.1 Å². The lowest BCUT2D eigenvalue weighted by Crippen LogP contribution is -2.28. The first-order chi connectivity index (χ1) is 13.5. The van der Waals surface area contributed by atoms with Gasteiger partial charge in [-0.15, -0.1) is 0 Å². The van der Waals surface area contributed by atoms with Gasteiger partial charge in [0.25, 0.3) is 11.8 Å². The average Bonchev–Trinajstić information content (AvgIpc) is 2.94. The number of hydrogen-bond donors (Lipinski definition) is 4. The maximum absolute atomic E-state index is 12.6. The lowest BCUT2D eigenvalue weighted by atomic mass is 10.1. The Morgan fingerprint density at radius 1 is 0.893 bits per heavy atom. The smallest absolute Gasteiger partial charge is 0.255 e. The molecule has 4 N–H and O–H groups in total. The molecule has 0 saturated carbocycles. The number of aryl methyl sites for hydroxylation is 1. The van der Waals surface area contributed by atoms with Gasteiger partial charge in [0, 0.05) is 23.4 Å². The minimum Gasteiger partial charge on any atom is -0.343 e. The maximum Gasteiger partial charge on any atom is 0.255 e. The van der Waals surface area contributed by atoms with E-state index in [1.165, 1.54) is 18.2 Å². The normalized spacial score (nSPS) is 15.8. The first-order valence-electron chi connectivity index (χ1n) is 8.96. The Kier molecular flexibility index (Phi) is 4.52. The second-order valence-electron chi connectivity index (χ2n) is 6.72. The van der Waals surface area contributed by atoms with Crippen LogP contribution in [0.1, 0.15) is 39.1 Å². The maximum atomic E-state index is 12.6. The fraction of sp³-hybridized carbons (Fsp3) is 0.200. The highest BCUT2D eigenvalue weighted by molar-refractivity contribution is 6.11. The zero-order valence-electron chi connectivity index (χ0n) is 14.9. The van der Waals surface area contributed by atoms with Crippen molar-refractivity contribution in [2.24, 2.45) is 0 Å². The van der Waals surface area contributed by atoms with Crippen molar-refractivity contribution < 1.29 is 19.2 Å². The lowest BCUT2D eigenvalue weighted by Gasteiger charge is -2.12. The summed E-state index contributed by atoms with van der Waals surface area (Å²) in [4.78, 5) is 48.0. The molecule has 0 aromatic heterocycles. The third kappa shape index (κ3) is 3.57. The van der Waals surface area contributed by atoms with Crippen molar-refractivity contribution in [2.75, 3.05) is 22.5 Å². The van der Waals surface area contributed by atoms with Crippen LogP contribution in [0, 0.1) is 0 Å². The van der Waals surface area contributed by atoms with Crippen molar-refractivity contribution in [3.05, 3.63) is 53.1 Å². The van der Waals surface area contributed by atoms with E-state index in [0.29, 0.717) is 28.9 Å². The highest BCUT2D eigenvalue weighted by atomic mass is 16.2. The molecule has 8 nitrogen and oxygen atoms in total. The molecular formula is C20H18N4O4. The number of fused-ring (bicyclic) bond motifs is 2. The summed E-state index contributed by atoms with van der Waals surface area (Å²) in [5.41, 5.74) is 3.27. The van der Waals surface area contributed by atoms with Gasteiger partial charge in [0.1, 0.15) is 0 Å². The van der Waals surface area contributed by atoms with E-state index < -0.39 is 0 Å². The van der Waals surface area contributed by atoms with E-state index in [4.69, 9.17) is 0 Å². The van der Waals surface area contributed by atoms with Gasteiger partial charge in [-0.1, -0.05) is 0 Å². The summed E-state index contributed by atoms with van der Waals surface area (Å²) in [6.45, 7) is -0.110. The molecule has 0 aliphatic carbocycles. The van der Waals surface area contributed by atoms with Crippen molar-refractivity contribution in [3.63, 3.8) is 0 Å². The van der Waals surface area contributed by atoms with Crippen LogP contribution in [-0.4, -0.2) is 30.2 Å². The van der Waals surface area contributed by atoms with Crippen LogP contribution in [0.2, 0.25) is 0 Å². The summed E-state index contributed by atoms with van der Waals surface area (Å²) in [5.74, 6) is -1.09. The molecule has 2 aromatic carbocycles. The molecule has 2 aliphatic heterocycles. The molecule has 8 heteroatoms. The molecule has 0 fully saturated rings. The van der Waals surface area contributed by atoms with Crippen molar-refractivity contribution >= 4 is 40.7 Å². The minimum atomic E-state index is -0.367. The number of nitrogens with one attached hydrogen (secondary N) is 4. The minimum absolute atomic E-state index is 0.00778. The second kappa shape index (κ2) is 7.15. The Morgan fingerprint density at radius 2 is 1.71 bits per heavy atom. The molecule has 0 unspecified atom stereocenters. The Morgan fingerprint density at radius 3 is 2.57 bits per heavy atom. The van der Waals surface area contributed by atoms with Crippen LogP contribution in [0.25, 0.3) is 0 Å². The topological polar surface area (TPSA) is 116 Å². The molecular weight excluding hydrogens is 360 g/mol. The molecule has 4 rings (SSSR count). The second-order valence-corrected chi connectivity index (χ2v) is 6.72. The van der Waals surface area contributed by atoms with Crippen LogP contribution in [-0.2, 0) is 16.0 Å². The molecule has 2 aromatic rings. The highest BCUT2D eigenvalue weighted by Gasteiger charge is 2.21. The lowest BCUT2D eigenvalue weighted by molar-refractivity contribution is -0.116. The van der Waals surface area contributed by atoms with Gasteiger partial charge in [0.05, 0.1) is 17.8 Å². The third-order valence-electron chi connectivity index (χ3n) is 4.70. The Hall–Kier alpha value is -3.68. The Balaban J connectivity index is 1.56. The molecule has 28 heavy (non-hydrogen) atoms. The molecule has 0 atom stereocenters. The zero-order chi connectivity index (χ0) is 19.7. The number of carbonyl (C=O) groups excluding carboxylic acids is 4. The van der Waals surface area contributed by atoms with E-state index in [1.54, 1.807) is 12.1 Å². The molecule has 0 radical (unpaired) electrons. The average molecular weight is 378 g/mol. The molecule has 0 bridgehead atoms. The van der Waals surface area contributed by atoms with E-state index in [2.05, 4.69) is 21.3 Å². The predicted molar refractivity (Wildman–Crippen MR) is 103 cm³/mol. The standard InChI is InChI=1S/C20H18N4O4/c25-17-3-1-2-11-8-13(5-7-15(11)23-17)22-19(27)12-4-6-14-16(9-12)24-18(26)10-21-20(14)28/h4-9H,1-3,10H2,(H,21,28)(H,22,27)(H,23,25)(H,24,26). The molecule has 2 heterocycles. The molecule has 0 saturated heterocycles. The summed E-state index contributed by atoms with van der Waals surface area (Å²) in [6.07, 6.45) is 1.98. The van der Waals surface area contributed by atoms with E-state index in [-0.39, 0.29) is 30.2 Å². The van der Waals surface area contributed by atoms with Crippen molar-refractivity contribution in [2.45, 2.75) is 19.3 Å². The van der Waals surface area contributed by atoms with Crippen molar-refractivity contribution in [1.82, 2.24) is 5.32 Å². The van der Waals surface area contributed by atoms with E-state index in [1.807, 2.05) is 6.07 Å². The molecule has 0 spiro atoms. The number of benzene rings is 2. The summed E-state index contributed by atoms with van der Waals surface area (Å²) in [5, 5.41) is 10.8. The number of rotatable bonds is 2. The first kappa shape index (κ1) is 17.7. The molecule has 2 aliphatic rings. The fourth-order valence-corrected chi connectivity index (χ4v) is 3.29. The van der Waals surface area contributed by atoms with Crippen LogP contribution in [0.5, 0.6) is 0 Å². The number of anilines is 3. The monoisotopic (exact) mass is 378 g/mol. The zero-order valence-corrected chi connectivity index (χ0v) is 14.9. The predicted octanol–water partition coefficient (Wildman–Crippen LogP) is 1.90. The SMILES string of the molecule is O=C1CCCc2cc(NC(=O)c3ccc4c(c3)NC(=O)CNC4=O)ccc2N1. The summed E-state index contributed by atoms with van der Waals surface area (Å²) in [6, 6.07) is 9.87. The van der Waals surface area contributed by atoms with Crippen LogP contribution in [0.4, 0.5) is 17.1 Å². The van der Waals surface area contributed by atoms with Gasteiger partial charge in [-0.25, -0.2) is 0 Å². The summed E-state index contributed by atoms with van der Waals surface area (Å²) in [7, 11) is 0. The number of hydrogen-bond acceptors (Lipinski definition) is 4. The van der Waals surface area contributed by atoms with Gasteiger partial charge < -0.3 is 21.3 Å². The van der Waals surface area contributed by atoms with E-state index in [9.17, 15) is 19.2 Å². The first-order valence-corrected chi connectivity index (χ1v) is 8.96. The van der Waals surface area contributed by atoms with E-state index >= 15 is 0 Å². The number of amides is 4. The van der Waals surface area contributed by atoms with Gasteiger partial charge in [-0.05, 0) is 54.8 Å². The summed E-state index contributed by atoms with van der Waals surface area (Å²) >= 11 is 0. The van der Waals surface area contributed by atoms with Crippen LogP contribution >= 0.6 is 0 Å². The van der Waals surface area contributed by atoms with Crippen LogP contribution in [0.15, 0.2) is 36.4 Å². The van der Waals surface area contributed by atoms with Gasteiger partial charge >= 0.3 is 0 Å². The quantitative estimate of drug-likeness (QED) is 0.638. The fourth-order valence-electron chi connectivity index (χ4n) is 3.29. The van der Waals surface area contributed by atoms with Crippen molar-refractivity contribution in [3.8, 4) is 0 Å². The third-order valence-corrected chi connectivity index (χ3v) is 4.70.